The highest BCUT2D eigenvalue weighted by Gasteiger charge is 2.14. The van der Waals surface area contributed by atoms with Gasteiger partial charge in [0.25, 0.3) is 0 Å². The third kappa shape index (κ3) is 2.52. The zero-order valence-electron chi connectivity index (χ0n) is 9.27. The van der Waals surface area contributed by atoms with Crippen LogP contribution in [0.3, 0.4) is 0 Å². The van der Waals surface area contributed by atoms with Crippen LogP contribution >= 0.6 is 11.3 Å². The second-order valence-corrected chi connectivity index (χ2v) is 4.49. The van der Waals surface area contributed by atoms with E-state index in [1.807, 2.05) is 12.1 Å². The third-order valence-electron chi connectivity index (χ3n) is 2.60. The van der Waals surface area contributed by atoms with Crippen LogP contribution < -0.4 is 11.3 Å². The Labute approximate surface area is 99.2 Å². The molecule has 0 aromatic carbocycles. The zero-order chi connectivity index (χ0) is 11.4. The van der Waals surface area contributed by atoms with Crippen LogP contribution in [0.2, 0.25) is 0 Å². The standard InChI is InChI=1S/C12H16N2OS/c1-2-10-3-4-12(15-10)11(14-13)7-9-5-6-16-8-9/h3-6,8,11,14H,2,7,13H2,1H3. The van der Waals surface area contributed by atoms with Gasteiger partial charge in [-0.3, -0.25) is 5.84 Å². The fourth-order valence-corrected chi connectivity index (χ4v) is 2.34. The highest BCUT2D eigenvalue weighted by Crippen LogP contribution is 2.21. The first kappa shape index (κ1) is 11.4. The number of furan rings is 1. The van der Waals surface area contributed by atoms with Crippen LogP contribution in [0.25, 0.3) is 0 Å². The van der Waals surface area contributed by atoms with Gasteiger partial charge in [-0.05, 0) is 40.9 Å². The van der Waals surface area contributed by atoms with Crippen molar-refractivity contribution in [3.63, 3.8) is 0 Å². The van der Waals surface area contributed by atoms with Gasteiger partial charge in [-0.25, -0.2) is 5.43 Å². The van der Waals surface area contributed by atoms with Gasteiger partial charge >= 0.3 is 0 Å². The number of rotatable bonds is 5. The Bertz CT molecular complexity index is 422. The lowest BCUT2D eigenvalue weighted by molar-refractivity contribution is 0.396. The van der Waals surface area contributed by atoms with E-state index in [4.69, 9.17) is 10.3 Å². The molecule has 0 spiro atoms. The molecule has 0 bridgehead atoms. The van der Waals surface area contributed by atoms with Gasteiger partial charge in [-0.15, -0.1) is 0 Å². The molecule has 2 heterocycles. The van der Waals surface area contributed by atoms with E-state index in [1.54, 1.807) is 11.3 Å². The summed E-state index contributed by atoms with van der Waals surface area (Å²) in [6.45, 7) is 2.08. The highest BCUT2D eigenvalue weighted by molar-refractivity contribution is 7.07. The van der Waals surface area contributed by atoms with Crippen LogP contribution in [0, 0.1) is 0 Å². The van der Waals surface area contributed by atoms with Crippen LogP contribution in [0.5, 0.6) is 0 Å². The molecule has 16 heavy (non-hydrogen) atoms. The molecule has 3 nitrogen and oxygen atoms in total. The minimum Gasteiger partial charge on any atom is -0.464 e. The lowest BCUT2D eigenvalue weighted by atomic mass is 10.1. The monoisotopic (exact) mass is 236 g/mol. The van der Waals surface area contributed by atoms with Crippen LogP contribution in [0.15, 0.2) is 33.4 Å². The molecule has 4 heteroatoms. The van der Waals surface area contributed by atoms with Crippen molar-refractivity contribution in [2.24, 2.45) is 5.84 Å². The van der Waals surface area contributed by atoms with Crippen LogP contribution in [-0.2, 0) is 12.8 Å². The van der Waals surface area contributed by atoms with Gasteiger partial charge in [0.2, 0.25) is 0 Å². The van der Waals surface area contributed by atoms with Crippen molar-refractivity contribution in [3.8, 4) is 0 Å². The summed E-state index contributed by atoms with van der Waals surface area (Å²) in [5, 5.41) is 4.20. The average Bonchev–Trinajstić information content (AvgIpc) is 2.96. The lowest BCUT2D eigenvalue weighted by Gasteiger charge is -2.12. The van der Waals surface area contributed by atoms with E-state index in [9.17, 15) is 0 Å². The van der Waals surface area contributed by atoms with E-state index < -0.39 is 0 Å². The number of nitrogens with one attached hydrogen (secondary N) is 1. The molecule has 2 rings (SSSR count). The Morgan fingerprint density at radius 1 is 1.44 bits per heavy atom. The van der Waals surface area contributed by atoms with Gasteiger partial charge in [-0.2, -0.15) is 11.3 Å². The van der Waals surface area contributed by atoms with Gasteiger partial charge in [0.1, 0.15) is 11.5 Å². The van der Waals surface area contributed by atoms with Crippen molar-refractivity contribution in [2.75, 3.05) is 0 Å². The van der Waals surface area contributed by atoms with Crippen LogP contribution in [-0.4, -0.2) is 0 Å². The summed E-state index contributed by atoms with van der Waals surface area (Å²) in [4.78, 5) is 0. The average molecular weight is 236 g/mol. The maximum atomic E-state index is 5.70. The smallest absolute Gasteiger partial charge is 0.122 e. The van der Waals surface area contributed by atoms with Gasteiger partial charge in [0, 0.05) is 6.42 Å². The molecule has 86 valence electrons. The Hall–Kier alpha value is -1.10. The van der Waals surface area contributed by atoms with E-state index in [0.29, 0.717) is 0 Å². The zero-order valence-corrected chi connectivity index (χ0v) is 10.1. The normalized spacial score (nSPS) is 12.9. The maximum absolute atomic E-state index is 5.70. The molecule has 0 saturated carbocycles. The van der Waals surface area contributed by atoms with Crippen molar-refractivity contribution in [1.29, 1.82) is 0 Å². The van der Waals surface area contributed by atoms with E-state index in [-0.39, 0.29) is 6.04 Å². The quantitative estimate of drug-likeness (QED) is 0.620. The summed E-state index contributed by atoms with van der Waals surface area (Å²) in [6, 6.07) is 6.16. The van der Waals surface area contributed by atoms with Crippen molar-refractivity contribution in [1.82, 2.24) is 5.43 Å². The summed E-state index contributed by atoms with van der Waals surface area (Å²) in [6.07, 6.45) is 1.77. The molecule has 0 radical (unpaired) electrons. The SMILES string of the molecule is CCc1ccc(C(Cc2ccsc2)NN)o1. The topological polar surface area (TPSA) is 51.2 Å². The second kappa shape index (κ2) is 5.30. The number of hydrogen-bond acceptors (Lipinski definition) is 4. The third-order valence-corrected chi connectivity index (χ3v) is 3.33. The molecule has 0 saturated heterocycles. The molecule has 3 N–H and O–H groups in total. The molecule has 0 amide bonds. The minimum absolute atomic E-state index is 0.0508. The van der Waals surface area contributed by atoms with Crippen molar-refractivity contribution >= 4 is 11.3 Å². The molecule has 1 atom stereocenters. The Kier molecular flexibility index (Phi) is 3.77. The highest BCUT2D eigenvalue weighted by atomic mass is 32.1. The summed E-state index contributed by atoms with van der Waals surface area (Å²) < 4.78 is 5.70. The fourth-order valence-electron chi connectivity index (χ4n) is 1.66. The first-order chi connectivity index (χ1) is 7.83. The van der Waals surface area contributed by atoms with Gasteiger partial charge < -0.3 is 4.42 Å². The first-order valence-electron chi connectivity index (χ1n) is 5.39. The molecule has 0 aliphatic heterocycles. The largest absolute Gasteiger partial charge is 0.464 e. The van der Waals surface area contributed by atoms with Gasteiger partial charge in [-0.1, -0.05) is 6.92 Å². The Morgan fingerprint density at radius 2 is 2.31 bits per heavy atom. The molecule has 1 unspecified atom stereocenters. The Morgan fingerprint density at radius 3 is 2.88 bits per heavy atom. The number of thiophene rings is 1. The summed E-state index contributed by atoms with van der Waals surface area (Å²) >= 11 is 1.70. The summed E-state index contributed by atoms with van der Waals surface area (Å²) in [5.41, 5.74) is 4.08. The first-order valence-corrected chi connectivity index (χ1v) is 6.33. The van der Waals surface area contributed by atoms with Gasteiger partial charge in [0.05, 0.1) is 6.04 Å². The summed E-state index contributed by atoms with van der Waals surface area (Å²) in [7, 11) is 0. The van der Waals surface area contributed by atoms with Gasteiger partial charge in [0.15, 0.2) is 0 Å². The fraction of sp³-hybridized carbons (Fsp3) is 0.333. The number of hydrazine groups is 1. The molecule has 0 fully saturated rings. The molecule has 0 aliphatic rings. The molecule has 2 aromatic rings. The molecular formula is C12H16N2OS. The van der Waals surface area contributed by atoms with Crippen molar-refractivity contribution in [3.05, 3.63) is 46.0 Å². The Balaban J connectivity index is 2.10. The second-order valence-electron chi connectivity index (χ2n) is 3.71. The van der Waals surface area contributed by atoms with E-state index in [1.165, 1.54) is 5.56 Å². The predicted octanol–water partition coefficient (Wildman–Crippen LogP) is 2.65. The van der Waals surface area contributed by atoms with E-state index >= 15 is 0 Å². The maximum Gasteiger partial charge on any atom is 0.122 e. The molecular weight excluding hydrogens is 220 g/mol. The van der Waals surface area contributed by atoms with Crippen molar-refractivity contribution < 1.29 is 4.42 Å². The van der Waals surface area contributed by atoms with E-state index in [0.717, 1.165) is 24.4 Å². The van der Waals surface area contributed by atoms with Crippen molar-refractivity contribution in [2.45, 2.75) is 25.8 Å². The number of nitrogens with two attached hydrogens (primary N) is 1. The predicted molar refractivity (Wildman–Crippen MR) is 66.2 cm³/mol. The molecule has 2 aromatic heterocycles. The minimum atomic E-state index is 0.0508. The van der Waals surface area contributed by atoms with Crippen LogP contribution in [0.4, 0.5) is 0 Å². The lowest BCUT2D eigenvalue weighted by Crippen LogP contribution is -2.29. The number of aryl methyl sites for hydroxylation is 1. The van der Waals surface area contributed by atoms with E-state index in [2.05, 4.69) is 29.2 Å². The van der Waals surface area contributed by atoms with Crippen LogP contribution in [0.1, 0.15) is 30.0 Å². The molecule has 0 aliphatic carbocycles. The number of hydrogen-bond donors (Lipinski definition) is 2. The summed E-state index contributed by atoms with van der Waals surface area (Å²) in [5.74, 6) is 7.47.